The van der Waals surface area contributed by atoms with Crippen LogP contribution in [0.3, 0.4) is 0 Å². The summed E-state index contributed by atoms with van der Waals surface area (Å²) in [6.45, 7) is 0.762. The van der Waals surface area contributed by atoms with Crippen LogP contribution in [0.2, 0.25) is 0 Å². The number of anilines is 1. The molecule has 1 aliphatic heterocycles. The Morgan fingerprint density at radius 1 is 1.50 bits per heavy atom. The van der Waals surface area contributed by atoms with Crippen LogP contribution in [0.4, 0.5) is 11.4 Å². The van der Waals surface area contributed by atoms with Gasteiger partial charge in [-0.05, 0) is 37.3 Å². The van der Waals surface area contributed by atoms with Crippen LogP contribution < -0.4 is 10.2 Å². The summed E-state index contributed by atoms with van der Waals surface area (Å²) >= 11 is 1.37. The van der Waals surface area contributed by atoms with E-state index in [2.05, 4.69) is 10.3 Å². The Morgan fingerprint density at radius 3 is 3.05 bits per heavy atom. The van der Waals surface area contributed by atoms with Crippen LogP contribution in [0.1, 0.15) is 19.3 Å². The van der Waals surface area contributed by atoms with E-state index in [0.717, 1.165) is 30.8 Å². The molecular formula is C14H16N4OS. The number of carbonyl (C=O) groups excluding carboxylic acids is 1. The lowest BCUT2D eigenvalue weighted by molar-refractivity contribution is -0.119. The minimum absolute atomic E-state index is 0.164. The third-order valence-electron chi connectivity index (χ3n) is 3.05. The van der Waals surface area contributed by atoms with Gasteiger partial charge in [-0.3, -0.25) is 10.1 Å². The lowest BCUT2D eigenvalue weighted by Gasteiger charge is -2.26. The van der Waals surface area contributed by atoms with Gasteiger partial charge in [0.2, 0.25) is 5.91 Å². The molecule has 20 heavy (non-hydrogen) atoms. The van der Waals surface area contributed by atoms with Crippen molar-refractivity contribution in [3.8, 4) is 6.19 Å². The van der Waals surface area contributed by atoms with Crippen molar-refractivity contribution in [2.24, 2.45) is 4.99 Å². The summed E-state index contributed by atoms with van der Waals surface area (Å²) in [4.78, 5) is 18.1. The van der Waals surface area contributed by atoms with Crippen LogP contribution in [0.25, 0.3) is 0 Å². The smallest absolute Gasteiger partial charge is 0.226 e. The Labute approximate surface area is 122 Å². The second kappa shape index (κ2) is 6.96. The molecule has 1 aliphatic rings. The Balaban J connectivity index is 2.23. The second-order valence-corrected chi connectivity index (χ2v) is 5.18. The number of amides is 1. The van der Waals surface area contributed by atoms with E-state index in [1.807, 2.05) is 36.7 Å². The van der Waals surface area contributed by atoms with E-state index in [9.17, 15) is 4.79 Å². The van der Waals surface area contributed by atoms with Crippen LogP contribution in [0, 0.1) is 11.5 Å². The zero-order valence-corrected chi connectivity index (χ0v) is 12.1. The highest BCUT2D eigenvalue weighted by Gasteiger charge is 2.19. The average Bonchev–Trinajstić information content (AvgIpc) is 2.47. The van der Waals surface area contributed by atoms with Gasteiger partial charge in [0.15, 0.2) is 11.4 Å². The van der Waals surface area contributed by atoms with E-state index in [4.69, 9.17) is 5.26 Å². The van der Waals surface area contributed by atoms with Gasteiger partial charge >= 0.3 is 0 Å². The van der Waals surface area contributed by atoms with Gasteiger partial charge in [0.25, 0.3) is 0 Å². The van der Waals surface area contributed by atoms with Gasteiger partial charge in [0.1, 0.15) is 0 Å². The predicted octanol–water partition coefficient (Wildman–Crippen LogP) is 2.62. The van der Waals surface area contributed by atoms with E-state index in [-0.39, 0.29) is 5.91 Å². The second-order valence-electron chi connectivity index (χ2n) is 4.38. The molecule has 1 N–H and O–H groups in total. The standard InChI is InChI=1S/C14H16N4OS/c1-20-14(16-10-15)17-11-5-4-6-12(9-11)18-8-3-2-7-13(18)19/h4-6,9H,2-3,7-8H2,1H3,(H,16,17). The summed E-state index contributed by atoms with van der Waals surface area (Å²) in [5, 5.41) is 11.7. The topological polar surface area (TPSA) is 68.5 Å². The molecule has 0 spiro atoms. The van der Waals surface area contributed by atoms with Crippen molar-refractivity contribution in [3.05, 3.63) is 24.3 Å². The fraction of sp³-hybridized carbons (Fsp3) is 0.357. The maximum atomic E-state index is 11.9. The van der Waals surface area contributed by atoms with E-state index in [1.165, 1.54) is 11.8 Å². The lowest BCUT2D eigenvalue weighted by atomic mass is 10.1. The number of hydrogen-bond donors (Lipinski definition) is 1. The Hall–Kier alpha value is -2.00. The van der Waals surface area contributed by atoms with Crippen molar-refractivity contribution in [1.29, 1.82) is 5.26 Å². The lowest BCUT2D eigenvalue weighted by Crippen LogP contribution is -2.35. The van der Waals surface area contributed by atoms with Gasteiger partial charge in [0, 0.05) is 18.7 Å². The molecule has 1 amide bonds. The monoisotopic (exact) mass is 288 g/mol. The third kappa shape index (κ3) is 3.52. The molecule has 1 fully saturated rings. The van der Waals surface area contributed by atoms with Crippen LogP contribution in [-0.2, 0) is 4.79 Å². The third-order valence-corrected chi connectivity index (χ3v) is 3.63. The highest BCUT2D eigenvalue weighted by atomic mass is 32.2. The average molecular weight is 288 g/mol. The number of nitriles is 1. The predicted molar refractivity (Wildman–Crippen MR) is 82.0 cm³/mol. The molecule has 1 heterocycles. The number of thioether (sulfide) groups is 1. The van der Waals surface area contributed by atoms with Crippen LogP contribution in [-0.4, -0.2) is 23.9 Å². The molecule has 5 nitrogen and oxygen atoms in total. The first kappa shape index (κ1) is 14.4. The molecule has 0 unspecified atom stereocenters. The molecule has 2 rings (SSSR count). The number of nitrogens with one attached hydrogen (secondary N) is 1. The first-order valence-corrected chi connectivity index (χ1v) is 7.65. The van der Waals surface area contributed by atoms with Crippen LogP contribution in [0.15, 0.2) is 29.3 Å². The number of benzene rings is 1. The molecule has 0 radical (unpaired) electrons. The zero-order chi connectivity index (χ0) is 14.4. The number of aliphatic imine (C=N–C) groups is 1. The zero-order valence-electron chi connectivity index (χ0n) is 11.3. The van der Waals surface area contributed by atoms with E-state index >= 15 is 0 Å². The SMILES string of the molecule is CSC(=Nc1cccc(N2CCCCC2=O)c1)NC#N. The molecular weight excluding hydrogens is 272 g/mol. The number of nitrogens with zero attached hydrogens (tertiary/aromatic N) is 3. The van der Waals surface area contributed by atoms with Gasteiger partial charge in [-0.2, -0.15) is 5.26 Å². The number of carbonyl (C=O) groups is 1. The number of amidine groups is 1. The number of rotatable bonds is 2. The Morgan fingerprint density at radius 2 is 2.35 bits per heavy atom. The minimum atomic E-state index is 0.164. The molecule has 0 aromatic heterocycles. The highest BCUT2D eigenvalue weighted by Crippen LogP contribution is 2.25. The first-order valence-electron chi connectivity index (χ1n) is 6.43. The van der Waals surface area contributed by atoms with Gasteiger partial charge < -0.3 is 4.90 Å². The Kier molecular flexibility index (Phi) is 5.02. The van der Waals surface area contributed by atoms with Crippen molar-refractivity contribution < 1.29 is 4.79 Å². The minimum Gasteiger partial charge on any atom is -0.312 e. The summed E-state index contributed by atoms with van der Waals surface area (Å²) in [7, 11) is 0. The highest BCUT2D eigenvalue weighted by molar-refractivity contribution is 8.13. The maximum Gasteiger partial charge on any atom is 0.226 e. The fourth-order valence-corrected chi connectivity index (χ4v) is 2.44. The molecule has 1 aromatic carbocycles. The van der Waals surface area contributed by atoms with Crippen molar-refractivity contribution >= 4 is 34.2 Å². The number of hydrogen-bond acceptors (Lipinski definition) is 4. The summed E-state index contributed by atoms with van der Waals surface area (Å²) in [6.07, 6.45) is 6.32. The molecule has 0 atom stereocenters. The van der Waals surface area contributed by atoms with E-state index in [0.29, 0.717) is 11.6 Å². The fourth-order valence-electron chi connectivity index (χ4n) is 2.10. The normalized spacial score (nSPS) is 15.9. The molecule has 104 valence electrons. The first-order chi connectivity index (χ1) is 9.74. The largest absolute Gasteiger partial charge is 0.312 e. The van der Waals surface area contributed by atoms with Crippen molar-refractivity contribution in [3.63, 3.8) is 0 Å². The van der Waals surface area contributed by atoms with Crippen molar-refractivity contribution in [2.45, 2.75) is 19.3 Å². The molecule has 6 heteroatoms. The maximum absolute atomic E-state index is 11.9. The van der Waals surface area contributed by atoms with Crippen LogP contribution in [0.5, 0.6) is 0 Å². The molecule has 1 aromatic rings. The molecule has 0 aliphatic carbocycles. The summed E-state index contributed by atoms with van der Waals surface area (Å²) in [5.41, 5.74) is 1.60. The van der Waals surface area contributed by atoms with E-state index in [1.54, 1.807) is 4.90 Å². The van der Waals surface area contributed by atoms with Crippen molar-refractivity contribution in [1.82, 2.24) is 5.32 Å². The molecule has 1 saturated heterocycles. The van der Waals surface area contributed by atoms with Gasteiger partial charge in [-0.25, -0.2) is 4.99 Å². The van der Waals surface area contributed by atoms with Gasteiger partial charge in [0.05, 0.1) is 5.69 Å². The van der Waals surface area contributed by atoms with Gasteiger partial charge in [-0.1, -0.05) is 17.8 Å². The van der Waals surface area contributed by atoms with Gasteiger partial charge in [-0.15, -0.1) is 0 Å². The summed E-state index contributed by atoms with van der Waals surface area (Å²) in [5.74, 6) is 0.164. The van der Waals surface area contributed by atoms with E-state index < -0.39 is 0 Å². The Bertz CT molecular complexity index is 565. The number of piperidine rings is 1. The molecule has 0 bridgehead atoms. The summed E-state index contributed by atoms with van der Waals surface area (Å²) in [6, 6.07) is 7.52. The van der Waals surface area contributed by atoms with Crippen LogP contribution >= 0.6 is 11.8 Å². The summed E-state index contributed by atoms with van der Waals surface area (Å²) < 4.78 is 0. The molecule has 0 saturated carbocycles. The quantitative estimate of drug-likeness (QED) is 0.393. The van der Waals surface area contributed by atoms with Crippen molar-refractivity contribution in [2.75, 3.05) is 17.7 Å².